The van der Waals surface area contributed by atoms with Crippen molar-refractivity contribution >= 4 is 5.91 Å². The molecule has 0 aromatic carbocycles. The van der Waals surface area contributed by atoms with Crippen LogP contribution in [0.25, 0.3) is 0 Å². The molecule has 2 unspecified atom stereocenters. The van der Waals surface area contributed by atoms with Crippen LogP contribution in [0.15, 0.2) is 0 Å². The number of rotatable bonds is 4. The zero-order valence-electron chi connectivity index (χ0n) is 7.87. The Kier molecular flexibility index (Phi) is 4.85. The van der Waals surface area contributed by atoms with E-state index in [9.17, 15) is 9.90 Å². The fourth-order valence-corrected chi connectivity index (χ4v) is 0.602. The van der Waals surface area contributed by atoms with E-state index in [0.717, 1.165) is 0 Å². The van der Waals surface area contributed by atoms with Crippen molar-refractivity contribution in [2.45, 2.75) is 32.9 Å². The fourth-order valence-electron chi connectivity index (χ4n) is 0.602. The van der Waals surface area contributed by atoms with Gasteiger partial charge in [-0.05, 0) is 12.8 Å². The van der Waals surface area contributed by atoms with Crippen molar-refractivity contribution < 1.29 is 9.90 Å². The number of aliphatic hydroxyl groups is 1. The molecule has 0 aliphatic carbocycles. The Morgan fingerprint density at radius 3 is 2.33 bits per heavy atom. The maximum atomic E-state index is 10.9. The van der Waals surface area contributed by atoms with Gasteiger partial charge in [-0.1, -0.05) is 13.8 Å². The van der Waals surface area contributed by atoms with E-state index in [1.54, 1.807) is 6.92 Å². The largest absolute Gasteiger partial charge is 0.391 e. The summed E-state index contributed by atoms with van der Waals surface area (Å²) in [7, 11) is 0. The van der Waals surface area contributed by atoms with Crippen molar-refractivity contribution in [3.63, 3.8) is 0 Å². The number of nitrogens with one attached hydrogen (secondary N) is 1. The van der Waals surface area contributed by atoms with Crippen LogP contribution in [0, 0.1) is 5.92 Å². The van der Waals surface area contributed by atoms with E-state index in [4.69, 9.17) is 5.73 Å². The lowest BCUT2D eigenvalue weighted by Gasteiger charge is -2.15. The van der Waals surface area contributed by atoms with Crippen LogP contribution in [0.2, 0.25) is 0 Å². The van der Waals surface area contributed by atoms with E-state index in [1.165, 1.54) is 0 Å². The molecule has 4 nitrogen and oxygen atoms in total. The van der Waals surface area contributed by atoms with E-state index >= 15 is 0 Å². The minimum atomic E-state index is -0.510. The fraction of sp³-hybridized carbons (Fsp3) is 0.875. The van der Waals surface area contributed by atoms with Gasteiger partial charge in [-0.25, -0.2) is 0 Å². The molecule has 0 heterocycles. The van der Waals surface area contributed by atoms with Crippen LogP contribution < -0.4 is 11.1 Å². The SMILES string of the molecule is CC(N)C(=O)NCC(O)C(C)C. The smallest absolute Gasteiger partial charge is 0.236 e. The number of nitrogens with two attached hydrogens (primary N) is 1. The van der Waals surface area contributed by atoms with Gasteiger partial charge < -0.3 is 16.2 Å². The molecule has 0 aliphatic heterocycles. The molecule has 1 amide bonds. The Bertz CT molecular complexity index is 146. The monoisotopic (exact) mass is 174 g/mol. The van der Waals surface area contributed by atoms with Gasteiger partial charge in [0.15, 0.2) is 0 Å². The third-order valence-electron chi connectivity index (χ3n) is 1.67. The first-order valence-corrected chi connectivity index (χ1v) is 4.16. The molecule has 4 N–H and O–H groups in total. The Hall–Kier alpha value is -0.610. The highest BCUT2D eigenvalue weighted by molar-refractivity contribution is 5.80. The predicted octanol–water partition coefficient (Wildman–Crippen LogP) is -0.533. The third-order valence-corrected chi connectivity index (χ3v) is 1.67. The minimum Gasteiger partial charge on any atom is -0.391 e. The first kappa shape index (κ1) is 11.4. The Morgan fingerprint density at radius 1 is 1.50 bits per heavy atom. The molecule has 0 spiro atoms. The lowest BCUT2D eigenvalue weighted by Crippen LogP contribution is -2.42. The van der Waals surface area contributed by atoms with E-state index in [2.05, 4.69) is 5.32 Å². The van der Waals surface area contributed by atoms with Crippen LogP contribution in [-0.2, 0) is 4.79 Å². The maximum absolute atomic E-state index is 10.9. The van der Waals surface area contributed by atoms with Crippen molar-refractivity contribution in [1.29, 1.82) is 0 Å². The number of amides is 1. The average molecular weight is 174 g/mol. The van der Waals surface area contributed by atoms with Crippen LogP contribution in [0.1, 0.15) is 20.8 Å². The van der Waals surface area contributed by atoms with E-state index in [0.29, 0.717) is 0 Å². The quantitative estimate of drug-likeness (QED) is 0.536. The van der Waals surface area contributed by atoms with Crippen LogP contribution in [-0.4, -0.2) is 29.7 Å². The summed E-state index contributed by atoms with van der Waals surface area (Å²) in [5.41, 5.74) is 5.30. The van der Waals surface area contributed by atoms with Crippen molar-refractivity contribution in [2.75, 3.05) is 6.54 Å². The molecule has 0 aliphatic rings. The molecule has 0 rings (SSSR count). The van der Waals surface area contributed by atoms with Crippen LogP contribution in [0.5, 0.6) is 0 Å². The van der Waals surface area contributed by atoms with Gasteiger partial charge in [-0.2, -0.15) is 0 Å². The molecule has 0 saturated heterocycles. The summed E-state index contributed by atoms with van der Waals surface area (Å²) in [6.45, 7) is 5.67. The van der Waals surface area contributed by atoms with Gasteiger partial charge in [0.2, 0.25) is 5.91 Å². The summed E-state index contributed by atoms with van der Waals surface area (Å²) in [6.07, 6.45) is -0.493. The summed E-state index contributed by atoms with van der Waals surface area (Å²) in [6, 6.07) is -0.510. The summed E-state index contributed by atoms with van der Waals surface area (Å²) in [5.74, 6) is -0.0759. The second kappa shape index (κ2) is 5.11. The lowest BCUT2D eigenvalue weighted by atomic mass is 10.1. The summed E-state index contributed by atoms with van der Waals surface area (Å²) in [5, 5.41) is 11.9. The van der Waals surface area contributed by atoms with E-state index < -0.39 is 12.1 Å². The maximum Gasteiger partial charge on any atom is 0.236 e. The average Bonchev–Trinajstić information content (AvgIpc) is 1.98. The molecule has 0 radical (unpaired) electrons. The molecule has 0 bridgehead atoms. The third kappa shape index (κ3) is 4.31. The number of carbonyl (C=O) groups excluding carboxylic acids is 1. The van der Waals surface area contributed by atoms with Crippen molar-refractivity contribution in [2.24, 2.45) is 11.7 Å². The second-order valence-electron chi connectivity index (χ2n) is 3.35. The molecular weight excluding hydrogens is 156 g/mol. The van der Waals surface area contributed by atoms with Gasteiger partial charge >= 0.3 is 0 Å². The molecular formula is C8H18N2O2. The topological polar surface area (TPSA) is 75.4 Å². The van der Waals surface area contributed by atoms with Crippen molar-refractivity contribution in [1.82, 2.24) is 5.32 Å². The number of aliphatic hydroxyl groups excluding tert-OH is 1. The van der Waals surface area contributed by atoms with Gasteiger partial charge in [-0.3, -0.25) is 4.79 Å². The molecule has 4 heteroatoms. The standard InChI is InChI=1S/C8H18N2O2/c1-5(2)7(11)4-10-8(12)6(3)9/h5-7,11H,4,9H2,1-3H3,(H,10,12). The lowest BCUT2D eigenvalue weighted by molar-refractivity contribution is -0.122. The molecule has 2 atom stereocenters. The van der Waals surface area contributed by atoms with Gasteiger partial charge in [0.05, 0.1) is 12.1 Å². The highest BCUT2D eigenvalue weighted by Crippen LogP contribution is 1.98. The second-order valence-corrected chi connectivity index (χ2v) is 3.35. The first-order chi connectivity index (χ1) is 5.45. The van der Waals surface area contributed by atoms with Crippen molar-refractivity contribution in [3.8, 4) is 0 Å². The van der Waals surface area contributed by atoms with Gasteiger partial charge in [0.25, 0.3) is 0 Å². The van der Waals surface area contributed by atoms with Crippen molar-refractivity contribution in [3.05, 3.63) is 0 Å². The summed E-state index contributed by atoms with van der Waals surface area (Å²) in [4.78, 5) is 10.9. The highest BCUT2D eigenvalue weighted by atomic mass is 16.3. The number of hydrogen-bond acceptors (Lipinski definition) is 3. The van der Waals surface area contributed by atoms with E-state index in [-0.39, 0.29) is 18.4 Å². The van der Waals surface area contributed by atoms with Gasteiger partial charge in [0.1, 0.15) is 0 Å². The van der Waals surface area contributed by atoms with E-state index in [1.807, 2.05) is 13.8 Å². The molecule has 0 fully saturated rings. The Balaban J connectivity index is 3.61. The van der Waals surface area contributed by atoms with Crippen LogP contribution in [0.4, 0.5) is 0 Å². The normalized spacial score (nSPS) is 15.8. The molecule has 0 saturated carbocycles. The summed E-state index contributed by atoms with van der Waals surface area (Å²) >= 11 is 0. The Morgan fingerprint density at radius 2 is 2.00 bits per heavy atom. The molecule has 0 aromatic heterocycles. The zero-order chi connectivity index (χ0) is 9.72. The molecule has 0 aromatic rings. The molecule has 12 heavy (non-hydrogen) atoms. The Labute approximate surface area is 73.1 Å². The predicted molar refractivity (Wildman–Crippen MR) is 47.5 cm³/mol. The van der Waals surface area contributed by atoms with Crippen LogP contribution in [0.3, 0.4) is 0 Å². The number of carbonyl (C=O) groups is 1. The number of hydrogen-bond donors (Lipinski definition) is 3. The summed E-state index contributed by atoms with van der Waals surface area (Å²) < 4.78 is 0. The minimum absolute atomic E-state index is 0.151. The van der Waals surface area contributed by atoms with Gasteiger partial charge in [0, 0.05) is 6.54 Å². The highest BCUT2D eigenvalue weighted by Gasteiger charge is 2.12. The molecule has 72 valence electrons. The first-order valence-electron chi connectivity index (χ1n) is 4.16. The van der Waals surface area contributed by atoms with Gasteiger partial charge in [-0.15, -0.1) is 0 Å². The zero-order valence-corrected chi connectivity index (χ0v) is 7.87. The van der Waals surface area contributed by atoms with Crippen LogP contribution >= 0.6 is 0 Å².